The van der Waals surface area contributed by atoms with E-state index in [1.165, 1.54) is 30.6 Å². The van der Waals surface area contributed by atoms with Crippen molar-refractivity contribution >= 4 is 22.9 Å². The summed E-state index contributed by atoms with van der Waals surface area (Å²) in [7, 11) is 0. The zero-order valence-corrected chi connectivity index (χ0v) is 21.5. The molecule has 39 heavy (non-hydrogen) atoms. The molecule has 0 aliphatic carbocycles. The minimum atomic E-state index is -4.34. The number of nitro benzene ring substituents is 1. The maximum atomic E-state index is 12.9. The zero-order chi connectivity index (χ0) is 27.6. The molecule has 3 aromatic rings. The molecule has 12 heteroatoms. The van der Waals surface area contributed by atoms with Crippen LogP contribution in [-0.2, 0) is 6.18 Å². The van der Waals surface area contributed by atoms with Gasteiger partial charge in [-0.15, -0.1) is 0 Å². The fraction of sp³-hybridized carbons (Fsp3) is 0.407. The lowest BCUT2D eigenvalue weighted by atomic mass is 10.1. The number of halogens is 3. The molecular formula is C27H29F3N6O3. The summed E-state index contributed by atoms with van der Waals surface area (Å²) in [5, 5.41) is 10.9. The molecule has 0 unspecified atom stereocenters. The molecule has 0 saturated carbocycles. The fourth-order valence-corrected chi connectivity index (χ4v) is 5.08. The number of benzene rings is 2. The first kappa shape index (κ1) is 26.5. The van der Waals surface area contributed by atoms with E-state index in [-0.39, 0.29) is 11.8 Å². The van der Waals surface area contributed by atoms with E-state index in [0.29, 0.717) is 32.1 Å². The molecule has 2 aromatic carbocycles. The van der Waals surface area contributed by atoms with Crippen molar-refractivity contribution in [2.45, 2.75) is 32.0 Å². The van der Waals surface area contributed by atoms with Crippen LogP contribution >= 0.6 is 0 Å². The zero-order valence-electron chi connectivity index (χ0n) is 21.5. The number of piperidine rings is 1. The standard InChI is InChI=1S/C27H29F3N6O3/c1-19-25(35-16-14-34(15-17-35)21-4-2-20(3-5-21)27(28,29)30)31-18-32-26(19)39-24-10-12-33(13-11-24)22-6-8-23(9-7-22)36(37)38/h2-9,18,24H,10-17H2,1H3. The van der Waals surface area contributed by atoms with Crippen molar-refractivity contribution in [1.29, 1.82) is 0 Å². The van der Waals surface area contributed by atoms with Crippen LogP contribution in [0.5, 0.6) is 5.88 Å². The summed E-state index contributed by atoms with van der Waals surface area (Å²) in [6, 6.07) is 11.9. The molecule has 2 aliphatic heterocycles. The molecule has 3 heterocycles. The Hall–Kier alpha value is -4.09. The summed E-state index contributed by atoms with van der Waals surface area (Å²) >= 11 is 0. The predicted octanol–water partition coefficient (Wildman–Crippen LogP) is 5.09. The lowest BCUT2D eigenvalue weighted by Gasteiger charge is -2.37. The van der Waals surface area contributed by atoms with Gasteiger partial charge >= 0.3 is 6.18 Å². The van der Waals surface area contributed by atoms with E-state index >= 15 is 0 Å². The van der Waals surface area contributed by atoms with Crippen LogP contribution in [-0.4, -0.2) is 60.3 Å². The summed E-state index contributed by atoms with van der Waals surface area (Å²) < 4.78 is 44.9. The second kappa shape index (κ2) is 11.0. The van der Waals surface area contributed by atoms with Gasteiger partial charge in [0.05, 0.1) is 16.1 Å². The maximum Gasteiger partial charge on any atom is 0.416 e. The minimum Gasteiger partial charge on any atom is -0.474 e. The van der Waals surface area contributed by atoms with Crippen molar-refractivity contribution in [2.24, 2.45) is 0 Å². The number of hydrogen-bond donors (Lipinski definition) is 0. The van der Waals surface area contributed by atoms with Crippen molar-refractivity contribution < 1.29 is 22.8 Å². The average Bonchev–Trinajstić information content (AvgIpc) is 2.94. The Morgan fingerprint density at radius 2 is 1.38 bits per heavy atom. The highest BCUT2D eigenvalue weighted by Crippen LogP contribution is 2.32. The quantitative estimate of drug-likeness (QED) is 0.315. The fourth-order valence-electron chi connectivity index (χ4n) is 5.08. The Balaban J connectivity index is 1.16. The van der Waals surface area contributed by atoms with E-state index < -0.39 is 16.7 Å². The summed E-state index contributed by atoms with van der Waals surface area (Å²) in [5.74, 6) is 1.36. The Morgan fingerprint density at radius 3 is 1.95 bits per heavy atom. The maximum absolute atomic E-state index is 12.9. The van der Waals surface area contributed by atoms with E-state index in [4.69, 9.17) is 4.74 Å². The van der Waals surface area contributed by atoms with Crippen molar-refractivity contribution in [3.63, 3.8) is 0 Å². The summed E-state index contributed by atoms with van der Waals surface area (Å²) in [5.41, 5.74) is 2.01. The Kier molecular flexibility index (Phi) is 7.45. The number of rotatable bonds is 6. The first-order chi connectivity index (χ1) is 18.7. The van der Waals surface area contributed by atoms with E-state index in [9.17, 15) is 23.3 Å². The summed E-state index contributed by atoms with van der Waals surface area (Å²) in [4.78, 5) is 25.8. The third kappa shape index (κ3) is 5.99. The lowest BCUT2D eigenvalue weighted by molar-refractivity contribution is -0.384. The van der Waals surface area contributed by atoms with Crippen LogP contribution in [0.3, 0.4) is 0 Å². The molecule has 9 nitrogen and oxygen atoms in total. The van der Waals surface area contributed by atoms with Gasteiger partial charge in [0.2, 0.25) is 5.88 Å². The molecule has 5 rings (SSSR count). The highest BCUT2D eigenvalue weighted by atomic mass is 19.4. The molecule has 1 aromatic heterocycles. The molecule has 0 N–H and O–H groups in total. The summed E-state index contributed by atoms with van der Waals surface area (Å²) in [6.07, 6.45) is -1.25. The second-order valence-corrected chi connectivity index (χ2v) is 9.72. The SMILES string of the molecule is Cc1c(OC2CCN(c3ccc([N+](=O)[O-])cc3)CC2)ncnc1N1CCN(c2ccc(C(F)(F)F)cc2)CC1. The lowest BCUT2D eigenvalue weighted by Crippen LogP contribution is -2.47. The van der Waals surface area contributed by atoms with Crippen molar-refractivity contribution in [3.8, 4) is 5.88 Å². The molecule has 2 saturated heterocycles. The Bertz CT molecular complexity index is 1290. The average molecular weight is 543 g/mol. The first-order valence-electron chi connectivity index (χ1n) is 12.8. The van der Waals surface area contributed by atoms with Gasteiger partial charge in [0.25, 0.3) is 5.69 Å². The molecule has 2 aliphatic rings. The predicted molar refractivity (Wildman–Crippen MR) is 142 cm³/mol. The molecule has 0 radical (unpaired) electrons. The highest BCUT2D eigenvalue weighted by Gasteiger charge is 2.30. The van der Waals surface area contributed by atoms with Gasteiger partial charge in [0.15, 0.2) is 0 Å². The number of alkyl halides is 3. The van der Waals surface area contributed by atoms with Gasteiger partial charge in [-0.2, -0.15) is 13.2 Å². The van der Waals surface area contributed by atoms with Crippen LogP contribution in [0.4, 0.5) is 36.1 Å². The molecule has 0 bridgehead atoms. The van der Waals surface area contributed by atoms with Crippen LogP contribution < -0.4 is 19.4 Å². The minimum absolute atomic E-state index is 0.00253. The van der Waals surface area contributed by atoms with Crippen molar-refractivity contribution in [2.75, 3.05) is 54.0 Å². The highest BCUT2D eigenvalue weighted by molar-refractivity contribution is 5.54. The van der Waals surface area contributed by atoms with E-state index in [2.05, 4.69) is 24.7 Å². The van der Waals surface area contributed by atoms with E-state index in [1.54, 1.807) is 12.1 Å². The number of piperazine rings is 1. The van der Waals surface area contributed by atoms with Gasteiger partial charge in [0, 0.05) is 75.6 Å². The third-order valence-electron chi connectivity index (χ3n) is 7.30. The van der Waals surface area contributed by atoms with Crippen LogP contribution in [0.25, 0.3) is 0 Å². The number of nitro groups is 1. The van der Waals surface area contributed by atoms with Gasteiger partial charge in [0.1, 0.15) is 18.2 Å². The topological polar surface area (TPSA) is 87.9 Å². The number of aromatic nitrogens is 2. The molecular weight excluding hydrogens is 513 g/mol. The first-order valence-corrected chi connectivity index (χ1v) is 12.8. The molecule has 2 fully saturated rings. The van der Waals surface area contributed by atoms with Crippen LogP contribution in [0.1, 0.15) is 24.0 Å². The van der Waals surface area contributed by atoms with Gasteiger partial charge in [-0.3, -0.25) is 10.1 Å². The number of ether oxygens (including phenoxy) is 1. The van der Waals surface area contributed by atoms with Gasteiger partial charge < -0.3 is 19.4 Å². The monoisotopic (exact) mass is 542 g/mol. The van der Waals surface area contributed by atoms with Crippen LogP contribution in [0.15, 0.2) is 54.9 Å². The summed E-state index contributed by atoms with van der Waals surface area (Å²) in [6.45, 7) is 6.14. The number of nitrogens with zero attached hydrogens (tertiary/aromatic N) is 6. The largest absolute Gasteiger partial charge is 0.474 e. The number of non-ortho nitro benzene ring substituents is 1. The third-order valence-corrected chi connectivity index (χ3v) is 7.30. The van der Waals surface area contributed by atoms with E-state index in [1.807, 2.05) is 6.92 Å². The molecule has 0 amide bonds. The smallest absolute Gasteiger partial charge is 0.416 e. The van der Waals surface area contributed by atoms with Crippen LogP contribution in [0.2, 0.25) is 0 Å². The second-order valence-electron chi connectivity index (χ2n) is 9.72. The van der Waals surface area contributed by atoms with Crippen molar-refractivity contribution in [3.05, 3.63) is 76.1 Å². The van der Waals surface area contributed by atoms with Crippen molar-refractivity contribution in [1.82, 2.24) is 9.97 Å². The Morgan fingerprint density at radius 1 is 0.846 bits per heavy atom. The molecule has 206 valence electrons. The number of hydrogen-bond acceptors (Lipinski definition) is 8. The molecule has 0 atom stereocenters. The van der Waals surface area contributed by atoms with Gasteiger partial charge in [-0.1, -0.05) is 0 Å². The van der Waals surface area contributed by atoms with Gasteiger partial charge in [-0.05, 0) is 43.3 Å². The van der Waals surface area contributed by atoms with Gasteiger partial charge in [-0.25, -0.2) is 9.97 Å². The van der Waals surface area contributed by atoms with Crippen LogP contribution in [0, 0.1) is 17.0 Å². The molecule has 0 spiro atoms. The Labute approximate surface area is 224 Å². The van der Waals surface area contributed by atoms with E-state index in [0.717, 1.165) is 60.8 Å². The normalized spacial score (nSPS) is 16.9. The number of anilines is 3.